The Morgan fingerprint density at radius 1 is 1.04 bits per heavy atom. The topological polar surface area (TPSA) is 75.7 Å². The minimum atomic E-state index is -3.67. The quantitative estimate of drug-likeness (QED) is 0.812. The van der Waals surface area contributed by atoms with Crippen molar-refractivity contribution in [1.82, 2.24) is 4.90 Å². The Hall–Kier alpha value is -2.54. The fourth-order valence-electron chi connectivity index (χ4n) is 2.36. The SMILES string of the molecule is CN(CCc1ccccc1NS(=O)(=O)c1ccccc1)C(=O)OC(C)(C)C. The zero-order valence-corrected chi connectivity index (χ0v) is 16.9. The summed E-state index contributed by atoms with van der Waals surface area (Å²) < 4.78 is 33.1. The smallest absolute Gasteiger partial charge is 0.410 e. The third kappa shape index (κ3) is 6.29. The van der Waals surface area contributed by atoms with Crippen molar-refractivity contribution < 1.29 is 17.9 Å². The van der Waals surface area contributed by atoms with Gasteiger partial charge in [0, 0.05) is 13.6 Å². The number of hydrogen-bond acceptors (Lipinski definition) is 4. The van der Waals surface area contributed by atoms with Crippen LogP contribution in [0.15, 0.2) is 59.5 Å². The first-order valence-electron chi connectivity index (χ1n) is 8.68. The van der Waals surface area contributed by atoms with Crippen LogP contribution in [0.5, 0.6) is 0 Å². The van der Waals surface area contributed by atoms with Crippen LogP contribution in [0.3, 0.4) is 0 Å². The zero-order chi connectivity index (χ0) is 20.1. The minimum Gasteiger partial charge on any atom is -0.444 e. The van der Waals surface area contributed by atoms with Gasteiger partial charge in [0.05, 0.1) is 10.6 Å². The maximum absolute atomic E-state index is 12.6. The molecule has 0 aliphatic rings. The molecular weight excluding hydrogens is 364 g/mol. The fraction of sp³-hybridized carbons (Fsp3) is 0.350. The first-order chi connectivity index (χ1) is 12.6. The highest BCUT2D eigenvalue weighted by Gasteiger charge is 2.20. The largest absolute Gasteiger partial charge is 0.444 e. The number of hydrogen-bond donors (Lipinski definition) is 1. The maximum atomic E-state index is 12.6. The van der Waals surface area contributed by atoms with Gasteiger partial charge in [-0.3, -0.25) is 4.72 Å². The molecule has 0 aromatic heterocycles. The second kappa shape index (κ2) is 8.43. The molecule has 2 aromatic rings. The maximum Gasteiger partial charge on any atom is 0.410 e. The number of nitrogens with one attached hydrogen (secondary N) is 1. The van der Waals surface area contributed by atoms with Crippen molar-refractivity contribution in [3.05, 3.63) is 60.2 Å². The van der Waals surface area contributed by atoms with Gasteiger partial charge in [0.2, 0.25) is 0 Å². The van der Waals surface area contributed by atoms with E-state index < -0.39 is 21.7 Å². The zero-order valence-electron chi connectivity index (χ0n) is 16.1. The molecule has 6 nitrogen and oxygen atoms in total. The van der Waals surface area contributed by atoms with E-state index in [1.165, 1.54) is 4.90 Å². The Kier molecular flexibility index (Phi) is 6.49. The van der Waals surface area contributed by atoms with E-state index in [9.17, 15) is 13.2 Å². The van der Waals surface area contributed by atoms with E-state index in [-0.39, 0.29) is 4.90 Å². The van der Waals surface area contributed by atoms with Crippen molar-refractivity contribution in [1.29, 1.82) is 0 Å². The molecule has 0 heterocycles. The van der Waals surface area contributed by atoms with Crippen LogP contribution >= 0.6 is 0 Å². The Bertz CT molecular complexity index is 874. The number of likely N-dealkylation sites (N-methyl/N-ethyl adjacent to an activating group) is 1. The van der Waals surface area contributed by atoms with Crippen molar-refractivity contribution in [2.24, 2.45) is 0 Å². The monoisotopic (exact) mass is 390 g/mol. The van der Waals surface area contributed by atoms with Crippen LogP contribution < -0.4 is 4.72 Å². The first-order valence-corrected chi connectivity index (χ1v) is 10.2. The Morgan fingerprint density at radius 2 is 1.63 bits per heavy atom. The van der Waals surface area contributed by atoms with Gasteiger partial charge in [-0.1, -0.05) is 36.4 Å². The van der Waals surface area contributed by atoms with Gasteiger partial charge in [-0.15, -0.1) is 0 Å². The van der Waals surface area contributed by atoms with E-state index in [4.69, 9.17) is 4.74 Å². The van der Waals surface area contributed by atoms with Gasteiger partial charge in [-0.05, 0) is 51.0 Å². The lowest BCUT2D eigenvalue weighted by Gasteiger charge is -2.25. The molecule has 0 aliphatic carbocycles. The highest BCUT2D eigenvalue weighted by Crippen LogP contribution is 2.21. The molecule has 0 bridgehead atoms. The number of benzene rings is 2. The first kappa shape index (κ1) is 20.8. The lowest BCUT2D eigenvalue weighted by atomic mass is 10.1. The molecule has 2 rings (SSSR count). The summed E-state index contributed by atoms with van der Waals surface area (Å²) in [6.45, 7) is 5.84. The number of anilines is 1. The lowest BCUT2D eigenvalue weighted by Crippen LogP contribution is -2.35. The fourth-order valence-corrected chi connectivity index (χ4v) is 3.48. The van der Waals surface area contributed by atoms with Gasteiger partial charge in [0.15, 0.2) is 0 Å². The summed E-state index contributed by atoms with van der Waals surface area (Å²) in [6, 6.07) is 15.4. The summed E-state index contributed by atoms with van der Waals surface area (Å²) in [7, 11) is -2.01. The number of carbonyl (C=O) groups excluding carboxylic acids is 1. The third-order valence-corrected chi connectivity index (χ3v) is 5.12. The number of nitrogens with zero attached hydrogens (tertiary/aromatic N) is 1. The number of para-hydroxylation sites is 1. The predicted molar refractivity (Wildman–Crippen MR) is 106 cm³/mol. The van der Waals surface area contributed by atoms with E-state index in [1.54, 1.807) is 49.5 Å². The van der Waals surface area contributed by atoms with Crippen LogP contribution in [-0.2, 0) is 21.2 Å². The molecule has 146 valence electrons. The van der Waals surface area contributed by atoms with Gasteiger partial charge >= 0.3 is 6.09 Å². The average Bonchev–Trinajstić information content (AvgIpc) is 2.59. The summed E-state index contributed by atoms with van der Waals surface area (Å²) in [5.74, 6) is 0. The molecule has 1 N–H and O–H groups in total. The Balaban J connectivity index is 2.09. The summed E-state index contributed by atoms with van der Waals surface area (Å²) >= 11 is 0. The molecule has 0 spiro atoms. The van der Waals surface area contributed by atoms with Crippen LogP contribution in [0.1, 0.15) is 26.3 Å². The standard InChI is InChI=1S/C20H26N2O4S/c1-20(2,3)26-19(23)22(4)15-14-16-10-8-9-13-18(16)21-27(24,25)17-11-6-5-7-12-17/h5-13,21H,14-15H2,1-4H3. The minimum absolute atomic E-state index is 0.200. The summed E-state index contributed by atoms with van der Waals surface area (Å²) in [5, 5.41) is 0. The molecule has 0 atom stereocenters. The van der Waals surface area contributed by atoms with Gasteiger partial charge in [0.25, 0.3) is 10.0 Å². The molecule has 0 unspecified atom stereocenters. The van der Waals surface area contributed by atoms with Gasteiger partial charge < -0.3 is 9.64 Å². The Labute approximate surface area is 161 Å². The molecule has 0 saturated heterocycles. The van der Waals surface area contributed by atoms with Crippen molar-refractivity contribution in [3.63, 3.8) is 0 Å². The van der Waals surface area contributed by atoms with Crippen molar-refractivity contribution in [2.45, 2.75) is 37.7 Å². The number of ether oxygens (including phenoxy) is 1. The summed E-state index contributed by atoms with van der Waals surface area (Å²) in [6.07, 6.45) is 0.0771. The lowest BCUT2D eigenvalue weighted by molar-refractivity contribution is 0.0301. The van der Waals surface area contributed by atoms with Crippen molar-refractivity contribution in [3.8, 4) is 0 Å². The second-order valence-corrected chi connectivity index (χ2v) is 8.91. The molecule has 0 radical (unpaired) electrons. The second-order valence-electron chi connectivity index (χ2n) is 7.23. The highest BCUT2D eigenvalue weighted by molar-refractivity contribution is 7.92. The average molecular weight is 391 g/mol. The number of sulfonamides is 1. The van der Waals surface area contributed by atoms with Crippen LogP contribution in [0.2, 0.25) is 0 Å². The molecule has 7 heteroatoms. The molecule has 27 heavy (non-hydrogen) atoms. The molecule has 0 fully saturated rings. The van der Waals surface area contributed by atoms with Crippen LogP contribution in [-0.4, -0.2) is 38.6 Å². The van der Waals surface area contributed by atoms with E-state index in [1.807, 2.05) is 32.9 Å². The number of carbonyl (C=O) groups is 1. The van der Waals surface area contributed by atoms with Crippen LogP contribution in [0.25, 0.3) is 0 Å². The Morgan fingerprint density at radius 3 is 2.26 bits per heavy atom. The van der Waals surface area contributed by atoms with E-state index in [0.29, 0.717) is 18.7 Å². The number of rotatable bonds is 6. The summed E-state index contributed by atoms with van der Waals surface area (Å²) in [4.78, 5) is 13.8. The van der Waals surface area contributed by atoms with Crippen LogP contribution in [0, 0.1) is 0 Å². The number of amides is 1. The highest BCUT2D eigenvalue weighted by atomic mass is 32.2. The van der Waals surface area contributed by atoms with Gasteiger partial charge in [-0.25, -0.2) is 13.2 Å². The van der Waals surface area contributed by atoms with E-state index in [0.717, 1.165) is 5.56 Å². The van der Waals surface area contributed by atoms with E-state index in [2.05, 4.69) is 4.72 Å². The van der Waals surface area contributed by atoms with Gasteiger partial charge in [0.1, 0.15) is 5.60 Å². The van der Waals surface area contributed by atoms with Gasteiger partial charge in [-0.2, -0.15) is 0 Å². The molecule has 2 aromatic carbocycles. The summed E-state index contributed by atoms with van der Waals surface area (Å²) in [5.41, 5.74) is 0.737. The normalized spacial score (nSPS) is 11.7. The van der Waals surface area contributed by atoms with E-state index >= 15 is 0 Å². The molecule has 0 saturated carbocycles. The molecular formula is C20H26N2O4S. The van der Waals surface area contributed by atoms with Crippen LogP contribution in [0.4, 0.5) is 10.5 Å². The van der Waals surface area contributed by atoms with Crippen molar-refractivity contribution in [2.75, 3.05) is 18.3 Å². The van der Waals surface area contributed by atoms with Crippen molar-refractivity contribution >= 4 is 21.8 Å². The third-order valence-electron chi connectivity index (χ3n) is 3.74. The molecule has 1 amide bonds. The predicted octanol–water partition coefficient (Wildman–Crippen LogP) is 3.90. The molecule has 0 aliphatic heterocycles.